The maximum atomic E-state index is 14.0. The van der Waals surface area contributed by atoms with Crippen LogP contribution in [0.2, 0.25) is 0 Å². The van der Waals surface area contributed by atoms with Crippen LogP contribution in [0.3, 0.4) is 0 Å². The van der Waals surface area contributed by atoms with Crippen molar-refractivity contribution in [1.82, 2.24) is 30.2 Å². The van der Waals surface area contributed by atoms with Crippen molar-refractivity contribution < 1.29 is 13.5 Å². The fourth-order valence-corrected chi connectivity index (χ4v) is 4.20. The van der Waals surface area contributed by atoms with Gasteiger partial charge in [0.25, 0.3) is 0 Å². The van der Waals surface area contributed by atoms with Crippen molar-refractivity contribution in [2.24, 2.45) is 0 Å². The molecule has 4 N–H and O–H groups in total. The zero-order valence-corrected chi connectivity index (χ0v) is 16.7. The molecule has 0 aliphatic rings. The Labute approximate surface area is 178 Å². The van der Waals surface area contributed by atoms with E-state index in [1.165, 1.54) is 28.9 Å². The lowest BCUT2D eigenvalue weighted by Gasteiger charge is -2.09. The second-order valence-electron chi connectivity index (χ2n) is 7.64. The van der Waals surface area contributed by atoms with E-state index in [-0.39, 0.29) is 17.6 Å². The molecule has 8 nitrogen and oxygen atoms in total. The van der Waals surface area contributed by atoms with Crippen LogP contribution in [-0.2, 0) is 6.54 Å². The van der Waals surface area contributed by atoms with Crippen LogP contribution in [0.1, 0.15) is 6.42 Å². The summed E-state index contributed by atoms with van der Waals surface area (Å²) in [4.78, 5) is 6.68. The van der Waals surface area contributed by atoms with Crippen LogP contribution < -0.4 is 10.5 Å². The minimum Gasteiger partial charge on any atom is -0.489 e. The van der Waals surface area contributed by atoms with Gasteiger partial charge in [-0.2, -0.15) is 0 Å². The molecule has 0 atom stereocenters. The number of aromatic amines is 2. The highest BCUT2D eigenvalue weighted by atomic mass is 19.1. The van der Waals surface area contributed by atoms with E-state index in [0.29, 0.717) is 25.3 Å². The van der Waals surface area contributed by atoms with Crippen LogP contribution in [0, 0.1) is 11.6 Å². The molecule has 32 heavy (non-hydrogen) atoms. The van der Waals surface area contributed by atoms with Crippen molar-refractivity contribution in [3.63, 3.8) is 0 Å². The first-order valence-electron chi connectivity index (χ1n) is 10.1. The molecule has 0 radical (unpaired) electrons. The van der Waals surface area contributed by atoms with E-state index in [9.17, 15) is 8.78 Å². The summed E-state index contributed by atoms with van der Waals surface area (Å²) in [5, 5.41) is 14.1. The molecule has 0 saturated carbocycles. The van der Waals surface area contributed by atoms with E-state index < -0.39 is 0 Å². The topological polar surface area (TPSA) is 110 Å². The first-order valence-corrected chi connectivity index (χ1v) is 10.1. The van der Waals surface area contributed by atoms with Gasteiger partial charge in [-0.25, -0.2) is 13.5 Å². The summed E-state index contributed by atoms with van der Waals surface area (Å²) in [7, 11) is 0. The number of nitrogens with two attached hydrogens (primary N) is 1. The molecule has 160 valence electrons. The van der Waals surface area contributed by atoms with Gasteiger partial charge in [-0.05, 0) is 52.9 Å². The Morgan fingerprint density at radius 3 is 2.06 bits per heavy atom. The van der Waals surface area contributed by atoms with Crippen molar-refractivity contribution in [1.29, 1.82) is 0 Å². The average molecular weight is 433 g/mol. The molecule has 3 aromatic carbocycles. The number of aryl methyl sites for hydroxylation is 1. The summed E-state index contributed by atoms with van der Waals surface area (Å²) in [6, 6.07) is 11.1. The smallest absolute Gasteiger partial charge is 0.240 e. The van der Waals surface area contributed by atoms with Crippen molar-refractivity contribution in [2.45, 2.75) is 13.0 Å². The van der Waals surface area contributed by atoms with Crippen LogP contribution in [0.5, 0.6) is 5.75 Å². The number of nitrogen functional groups attached to an aromatic ring is 1. The third kappa shape index (κ3) is 2.83. The molecule has 0 spiro atoms. The van der Waals surface area contributed by atoms with Gasteiger partial charge in [-0.3, -0.25) is 0 Å². The standard InChI is InChI=1S/C22H17F2N7O/c23-11-2-4-17-13(8-11)15-10-16-14-9-12(24)3-5-18(14)27-20(16)21(19(15)26-17)32-7-1-6-31-22(25)28-29-30-31/h2-5,8-10,26-27H,1,6-7H2,(H2,25,28,30). The number of rotatable bonds is 5. The van der Waals surface area contributed by atoms with Gasteiger partial charge in [-0.1, -0.05) is 5.10 Å². The zero-order chi connectivity index (χ0) is 21.8. The fraction of sp³-hybridized carbons (Fsp3) is 0.136. The Hall–Kier alpha value is -4.21. The Bertz CT molecular complexity index is 1540. The molecule has 0 bridgehead atoms. The number of tetrazole rings is 1. The predicted molar refractivity (Wildman–Crippen MR) is 117 cm³/mol. The molecule has 0 aliphatic heterocycles. The van der Waals surface area contributed by atoms with E-state index in [4.69, 9.17) is 10.5 Å². The second-order valence-corrected chi connectivity index (χ2v) is 7.64. The number of hydrogen-bond acceptors (Lipinski definition) is 5. The number of aromatic nitrogens is 6. The number of H-pyrrole nitrogens is 2. The Morgan fingerprint density at radius 2 is 1.50 bits per heavy atom. The monoisotopic (exact) mass is 433 g/mol. The average Bonchev–Trinajstić information content (AvgIpc) is 3.46. The minimum atomic E-state index is -0.329. The van der Waals surface area contributed by atoms with Gasteiger partial charge < -0.3 is 20.4 Å². The quantitative estimate of drug-likeness (QED) is 0.352. The molecule has 0 amide bonds. The summed E-state index contributed by atoms with van der Waals surface area (Å²) in [6.07, 6.45) is 0.608. The van der Waals surface area contributed by atoms with Gasteiger partial charge >= 0.3 is 0 Å². The molecular formula is C22H17F2N7O. The van der Waals surface area contributed by atoms with Gasteiger partial charge in [-0.15, -0.1) is 0 Å². The highest BCUT2D eigenvalue weighted by molar-refractivity contribution is 6.20. The normalized spacial score (nSPS) is 11.9. The summed E-state index contributed by atoms with van der Waals surface area (Å²) in [5.74, 6) is 0.176. The number of benzene rings is 3. The zero-order valence-electron chi connectivity index (χ0n) is 16.7. The molecule has 3 heterocycles. The van der Waals surface area contributed by atoms with Gasteiger partial charge in [0.2, 0.25) is 5.95 Å². The van der Waals surface area contributed by atoms with Crippen LogP contribution in [0.15, 0.2) is 42.5 Å². The van der Waals surface area contributed by atoms with E-state index in [2.05, 4.69) is 25.5 Å². The van der Waals surface area contributed by atoms with Gasteiger partial charge in [0.15, 0.2) is 5.75 Å². The number of fused-ring (bicyclic) bond motifs is 6. The maximum Gasteiger partial charge on any atom is 0.240 e. The molecule has 6 rings (SSSR count). The molecule has 0 aliphatic carbocycles. The Morgan fingerprint density at radius 1 is 0.875 bits per heavy atom. The fourth-order valence-electron chi connectivity index (χ4n) is 4.20. The highest BCUT2D eigenvalue weighted by Crippen LogP contribution is 2.41. The summed E-state index contributed by atoms with van der Waals surface area (Å²) in [6.45, 7) is 0.856. The minimum absolute atomic E-state index is 0.241. The maximum absolute atomic E-state index is 14.0. The number of hydrogen-bond donors (Lipinski definition) is 3. The molecule has 0 saturated heterocycles. The Kier molecular flexibility index (Phi) is 4.00. The summed E-state index contributed by atoms with van der Waals surface area (Å²) >= 11 is 0. The number of anilines is 1. The van der Waals surface area contributed by atoms with Crippen molar-refractivity contribution in [3.8, 4) is 5.75 Å². The van der Waals surface area contributed by atoms with Crippen LogP contribution in [0.25, 0.3) is 43.6 Å². The summed E-state index contributed by atoms with van der Waals surface area (Å²) in [5.41, 5.74) is 8.77. The first-order chi connectivity index (χ1) is 15.6. The first kappa shape index (κ1) is 18.6. The van der Waals surface area contributed by atoms with Gasteiger partial charge in [0.05, 0.1) is 17.6 Å². The highest BCUT2D eigenvalue weighted by Gasteiger charge is 2.18. The van der Waals surface area contributed by atoms with Crippen molar-refractivity contribution >= 4 is 49.6 Å². The third-order valence-corrected chi connectivity index (χ3v) is 5.66. The van der Waals surface area contributed by atoms with E-state index in [0.717, 1.165) is 43.6 Å². The second kappa shape index (κ2) is 6.91. The molecule has 3 aromatic heterocycles. The van der Waals surface area contributed by atoms with E-state index >= 15 is 0 Å². The molecule has 6 aromatic rings. The number of ether oxygens (including phenoxy) is 1. The molecular weight excluding hydrogens is 416 g/mol. The van der Waals surface area contributed by atoms with Crippen LogP contribution >= 0.6 is 0 Å². The Balaban J connectivity index is 1.50. The number of nitrogens with zero attached hydrogens (tertiary/aromatic N) is 4. The molecule has 0 fully saturated rings. The molecule has 10 heteroatoms. The summed E-state index contributed by atoms with van der Waals surface area (Å²) < 4.78 is 35.7. The third-order valence-electron chi connectivity index (χ3n) is 5.66. The lowest BCUT2D eigenvalue weighted by atomic mass is 10.1. The van der Waals surface area contributed by atoms with Crippen LogP contribution in [-0.4, -0.2) is 36.8 Å². The number of halogens is 2. The van der Waals surface area contributed by atoms with Crippen LogP contribution in [0.4, 0.5) is 14.7 Å². The largest absolute Gasteiger partial charge is 0.489 e. The predicted octanol–water partition coefficient (Wildman–Crippen LogP) is 4.27. The lowest BCUT2D eigenvalue weighted by molar-refractivity contribution is 0.304. The molecule has 0 unspecified atom stereocenters. The lowest BCUT2D eigenvalue weighted by Crippen LogP contribution is -2.09. The number of nitrogens with one attached hydrogen (secondary N) is 2. The SMILES string of the molecule is Nc1nnnn1CCCOc1c2[nH]c3ccc(F)cc3c2cc2c1[nH]c1ccc(F)cc12. The van der Waals surface area contributed by atoms with Crippen molar-refractivity contribution in [3.05, 3.63) is 54.1 Å². The van der Waals surface area contributed by atoms with Crippen molar-refractivity contribution in [2.75, 3.05) is 12.3 Å². The van der Waals surface area contributed by atoms with E-state index in [1.54, 1.807) is 12.1 Å². The van der Waals surface area contributed by atoms with Gasteiger partial charge in [0.1, 0.15) is 11.6 Å². The van der Waals surface area contributed by atoms with Gasteiger partial charge in [0, 0.05) is 45.5 Å². The van der Waals surface area contributed by atoms with E-state index in [1.807, 2.05) is 6.07 Å².